The van der Waals surface area contributed by atoms with Gasteiger partial charge in [0.15, 0.2) is 0 Å². The lowest BCUT2D eigenvalue weighted by Gasteiger charge is -2.36. The summed E-state index contributed by atoms with van der Waals surface area (Å²) < 4.78 is 5.28. The minimum atomic E-state index is -0.495. The van der Waals surface area contributed by atoms with Gasteiger partial charge in [0.05, 0.1) is 5.56 Å². The van der Waals surface area contributed by atoms with E-state index in [1.165, 1.54) is 0 Å². The van der Waals surface area contributed by atoms with Crippen LogP contribution in [0.15, 0.2) is 18.3 Å². The molecule has 2 rings (SSSR count). The molecule has 0 saturated carbocycles. The van der Waals surface area contributed by atoms with Crippen LogP contribution < -0.4 is 10.2 Å². The Morgan fingerprint density at radius 2 is 2.26 bits per heavy atom. The molecule has 1 aliphatic heterocycles. The zero-order chi connectivity index (χ0) is 16.9. The Kier molecular flexibility index (Phi) is 5.43. The smallest absolute Gasteiger partial charge is 0.407 e. The van der Waals surface area contributed by atoms with Crippen LogP contribution in [0.2, 0.25) is 0 Å². The van der Waals surface area contributed by atoms with Gasteiger partial charge in [-0.2, -0.15) is 5.26 Å². The highest BCUT2D eigenvalue weighted by Crippen LogP contribution is 2.23. The number of nitrogens with one attached hydrogen (secondary N) is 1. The molecule has 0 aromatic carbocycles. The Labute approximate surface area is 137 Å². The first-order valence-electron chi connectivity index (χ1n) is 7.99. The Balaban J connectivity index is 1.98. The Morgan fingerprint density at radius 3 is 2.87 bits per heavy atom. The fraction of sp³-hybridized carbons (Fsp3) is 0.588. The van der Waals surface area contributed by atoms with Crippen molar-refractivity contribution >= 4 is 11.9 Å². The molecule has 1 N–H and O–H groups in total. The second-order valence-electron chi connectivity index (χ2n) is 6.74. The standard InChI is InChI=1S/C17H24N4O2/c1-17(2,3)23-16(22)20-12-14-6-4-5-9-21(14)15-8-7-13(10-18)11-19-15/h7-8,11,14H,4-6,9,12H2,1-3H3,(H,20,22). The van der Waals surface area contributed by atoms with E-state index in [2.05, 4.69) is 21.3 Å². The van der Waals surface area contributed by atoms with Crippen LogP contribution in [0.1, 0.15) is 45.6 Å². The highest BCUT2D eigenvalue weighted by atomic mass is 16.6. The van der Waals surface area contributed by atoms with E-state index in [1.54, 1.807) is 12.3 Å². The third-order valence-electron chi connectivity index (χ3n) is 3.68. The van der Waals surface area contributed by atoms with Crippen molar-refractivity contribution in [3.63, 3.8) is 0 Å². The summed E-state index contributed by atoms with van der Waals surface area (Å²) in [5.74, 6) is 0.847. The molecule has 0 radical (unpaired) electrons. The number of amides is 1. The molecule has 1 fully saturated rings. The number of nitriles is 1. The summed E-state index contributed by atoms with van der Waals surface area (Å²) in [6.45, 7) is 6.97. The lowest BCUT2D eigenvalue weighted by Crippen LogP contribution is -2.48. The molecule has 0 aliphatic carbocycles. The van der Waals surface area contributed by atoms with Crippen LogP contribution in [0, 0.1) is 11.3 Å². The van der Waals surface area contributed by atoms with E-state index in [0.717, 1.165) is 31.6 Å². The van der Waals surface area contributed by atoms with Gasteiger partial charge < -0.3 is 15.0 Å². The molecule has 1 atom stereocenters. The maximum Gasteiger partial charge on any atom is 0.407 e. The number of rotatable bonds is 3. The summed E-state index contributed by atoms with van der Waals surface area (Å²) in [5.41, 5.74) is 0.0552. The molecule has 1 aliphatic rings. The van der Waals surface area contributed by atoms with Crippen molar-refractivity contribution in [1.29, 1.82) is 5.26 Å². The Bertz CT molecular complexity index is 572. The van der Waals surface area contributed by atoms with E-state index >= 15 is 0 Å². The van der Waals surface area contributed by atoms with Crippen molar-refractivity contribution in [2.75, 3.05) is 18.0 Å². The third-order valence-corrected chi connectivity index (χ3v) is 3.68. The molecule has 124 valence electrons. The number of hydrogen-bond acceptors (Lipinski definition) is 5. The van der Waals surface area contributed by atoms with Crippen LogP contribution in [0.3, 0.4) is 0 Å². The molecule has 2 heterocycles. The second-order valence-corrected chi connectivity index (χ2v) is 6.74. The van der Waals surface area contributed by atoms with Crippen LogP contribution in [-0.4, -0.2) is 35.8 Å². The number of carbonyl (C=O) groups excluding carboxylic acids is 1. The van der Waals surface area contributed by atoms with Crippen molar-refractivity contribution in [2.45, 2.75) is 51.7 Å². The molecule has 23 heavy (non-hydrogen) atoms. The van der Waals surface area contributed by atoms with Crippen LogP contribution in [0.25, 0.3) is 0 Å². The number of carbonyl (C=O) groups is 1. The quantitative estimate of drug-likeness (QED) is 0.927. The van der Waals surface area contributed by atoms with E-state index in [-0.39, 0.29) is 6.04 Å². The lowest BCUT2D eigenvalue weighted by atomic mass is 10.0. The van der Waals surface area contributed by atoms with Gasteiger partial charge >= 0.3 is 6.09 Å². The first kappa shape index (κ1) is 17.1. The molecule has 1 aromatic rings. The average Bonchev–Trinajstić information content (AvgIpc) is 2.52. The highest BCUT2D eigenvalue weighted by molar-refractivity contribution is 5.67. The first-order valence-corrected chi connectivity index (χ1v) is 7.99. The van der Waals surface area contributed by atoms with E-state index in [0.29, 0.717) is 12.1 Å². The zero-order valence-electron chi connectivity index (χ0n) is 14.0. The molecule has 1 unspecified atom stereocenters. The van der Waals surface area contributed by atoms with E-state index < -0.39 is 11.7 Å². The van der Waals surface area contributed by atoms with Gasteiger partial charge in [-0.05, 0) is 52.2 Å². The van der Waals surface area contributed by atoms with Gasteiger partial charge in [0, 0.05) is 25.3 Å². The summed E-state index contributed by atoms with van der Waals surface area (Å²) in [6, 6.07) is 5.91. The number of pyridine rings is 1. The summed E-state index contributed by atoms with van der Waals surface area (Å²) in [7, 11) is 0. The topological polar surface area (TPSA) is 78.2 Å². The van der Waals surface area contributed by atoms with Gasteiger partial charge in [-0.1, -0.05) is 0 Å². The number of nitrogens with zero attached hydrogens (tertiary/aromatic N) is 3. The summed E-state index contributed by atoms with van der Waals surface area (Å²) in [5, 5.41) is 11.7. The zero-order valence-corrected chi connectivity index (χ0v) is 14.0. The predicted molar refractivity (Wildman–Crippen MR) is 88.2 cm³/mol. The number of piperidine rings is 1. The van der Waals surface area contributed by atoms with Crippen molar-refractivity contribution < 1.29 is 9.53 Å². The third kappa shape index (κ3) is 5.13. The maximum absolute atomic E-state index is 11.8. The monoisotopic (exact) mass is 316 g/mol. The maximum atomic E-state index is 11.8. The molecule has 0 spiro atoms. The van der Waals surface area contributed by atoms with Gasteiger partial charge in [0.2, 0.25) is 0 Å². The number of alkyl carbamates (subject to hydrolysis) is 1. The van der Waals surface area contributed by atoms with Gasteiger partial charge in [-0.25, -0.2) is 9.78 Å². The Hall–Kier alpha value is -2.29. The van der Waals surface area contributed by atoms with Crippen LogP contribution >= 0.6 is 0 Å². The minimum absolute atomic E-state index is 0.191. The molecule has 1 aromatic heterocycles. The lowest BCUT2D eigenvalue weighted by molar-refractivity contribution is 0.0523. The number of hydrogen-bond donors (Lipinski definition) is 1. The van der Waals surface area contributed by atoms with E-state index in [4.69, 9.17) is 10.00 Å². The van der Waals surface area contributed by atoms with Gasteiger partial charge in [0.25, 0.3) is 0 Å². The van der Waals surface area contributed by atoms with E-state index in [1.807, 2.05) is 26.8 Å². The number of anilines is 1. The largest absolute Gasteiger partial charge is 0.444 e. The Morgan fingerprint density at radius 1 is 1.48 bits per heavy atom. The van der Waals surface area contributed by atoms with Crippen molar-refractivity contribution in [1.82, 2.24) is 10.3 Å². The molecule has 6 heteroatoms. The second kappa shape index (κ2) is 7.32. The van der Waals surface area contributed by atoms with Crippen LogP contribution in [0.4, 0.5) is 10.6 Å². The average molecular weight is 316 g/mol. The summed E-state index contributed by atoms with van der Waals surface area (Å²) in [4.78, 5) is 18.4. The molecule has 1 saturated heterocycles. The van der Waals surface area contributed by atoms with E-state index in [9.17, 15) is 4.79 Å². The van der Waals surface area contributed by atoms with Crippen LogP contribution in [0.5, 0.6) is 0 Å². The SMILES string of the molecule is CC(C)(C)OC(=O)NCC1CCCCN1c1ccc(C#N)cn1. The number of ether oxygens (including phenoxy) is 1. The minimum Gasteiger partial charge on any atom is -0.444 e. The van der Waals surface area contributed by atoms with Gasteiger partial charge in [-0.3, -0.25) is 0 Å². The molecular weight excluding hydrogens is 292 g/mol. The van der Waals surface area contributed by atoms with Gasteiger partial charge in [0.1, 0.15) is 17.5 Å². The normalized spacial score (nSPS) is 18.2. The predicted octanol–water partition coefficient (Wildman–Crippen LogP) is 2.84. The first-order chi connectivity index (χ1) is 10.9. The van der Waals surface area contributed by atoms with Crippen LogP contribution in [-0.2, 0) is 4.74 Å². The molecule has 0 bridgehead atoms. The van der Waals surface area contributed by atoms with Crippen molar-refractivity contribution in [3.05, 3.63) is 23.9 Å². The molecule has 1 amide bonds. The van der Waals surface area contributed by atoms with Crippen molar-refractivity contribution in [3.8, 4) is 6.07 Å². The fourth-order valence-corrected chi connectivity index (χ4v) is 2.65. The highest BCUT2D eigenvalue weighted by Gasteiger charge is 2.25. The summed E-state index contributed by atoms with van der Waals surface area (Å²) >= 11 is 0. The van der Waals surface area contributed by atoms with Crippen molar-refractivity contribution in [2.24, 2.45) is 0 Å². The van der Waals surface area contributed by atoms with Gasteiger partial charge in [-0.15, -0.1) is 0 Å². The molecule has 6 nitrogen and oxygen atoms in total. The summed E-state index contributed by atoms with van der Waals surface area (Å²) in [6.07, 6.45) is 4.42. The molecular formula is C17H24N4O2. The fourth-order valence-electron chi connectivity index (χ4n) is 2.65. The number of aromatic nitrogens is 1.